The van der Waals surface area contributed by atoms with Gasteiger partial charge in [-0.15, -0.1) is 0 Å². The quantitative estimate of drug-likeness (QED) is 0.527. The van der Waals surface area contributed by atoms with Gasteiger partial charge in [-0.2, -0.15) is 0 Å². The molecular formula is C7H16O2. The molecule has 0 aromatic carbocycles. The molecule has 2 nitrogen and oxygen atoms in total. The van der Waals surface area contributed by atoms with E-state index in [0.29, 0.717) is 6.10 Å². The van der Waals surface area contributed by atoms with Crippen molar-refractivity contribution in [2.24, 2.45) is 0 Å². The van der Waals surface area contributed by atoms with Crippen LogP contribution in [-0.2, 0) is 9.47 Å². The van der Waals surface area contributed by atoms with Gasteiger partial charge < -0.3 is 9.47 Å². The summed E-state index contributed by atoms with van der Waals surface area (Å²) in [6, 6.07) is 0. The summed E-state index contributed by atoms with van der Waals surface area (Å²) >= 11 is 0. The predicted molar refractivity (Wildman–Crippen MR) is 37.6 cm³/mol. The highest BCUT2D eigenvalue weighted by Crippen LogP contribution is 1.98. The summed E-state index contributed by atoms with van der Waals surface area (Å²) in [4.78, 5) is 0. The fourth-order valence-corrected chi connectivity index (χ4v) is 0.633. The van der Waals surface area contributed by atoms with Crippen molar-refractivity contribution < 1.29 is 9.47 Å². The molecule has 0 aliphatic heterocycles. The Morgan fingerprint density at radius 1 is 1.33 bits per heavy atom. The van der Waals surface area contributed by atoms with E-state index >= 15 is 0 Å². The number of ether oxygens (including phenoxy) is 2. The lowest BCUT2D eigenvalue weighted by molar-refractivity contribution is 0.0971. The van der Waals surface area contributed by atoms with Crippen molar-refractivity contribution in [3.05, 3.63) is 0 Å². The van der Waals surface area contributed by atoms with Crippen molar-refractivity contribution in [1.29, 1.82) is 0 Å². The third-order valence-electron chi connectivity index (χ3n) is 1.36. The van der Waals surface area contributed by atoms with Gasteiger partial charge >= 0.3 is 0 Å². The summed E-state index contributed by atoms with van der Waals surface area (Å²) in [5.74, 6) is 0. The average molecular weight is 132 g/mol. The first-order valence-electron chi connectivity index (χ1n) is 3.33. The summed E-state index contributed by atoms with van der Waals surface area (Å²) in [5, 5.41) is 0. The van der Waals surface area contributed by atoms with Crippen LogP contribution in [0.5, 0.6) is 0 Å². The summed E-state index contributed by atoms with van der Waals surface area (Å²) in [6.07, 6.45) is 2.55. The maximum atomic E-state index is 5.04. The zero-order valence-electron chi connectivity index (χ0n) is 6.52. The fourth-order valence-electron chi connectivity index (χ4n) is 0.633. The zero-order chi connectivity index (χ0) is 7.11. The Hall–Kier alpha value is -0.0800. The van der Waals surface area contributed by atoms with Crippen LogP contribution in [0.3, 0.4) is 0 Å². The Morgan fingerprint density at radius 3 is 2.44 bits per heavy atom. The minimum absolute atomic E-state index is 0.375. The van der Waals surface area contributed by atoms with Crippen LogP contribution in [0.4, 0.5) is 0 Å². The first kappa shape index (κ1) is 8.92. The lowest BCUT2D eigenvalue weighted by atomic mass is 10.2. The van der Waals surface area contributed by atoms with E-state index in [4.69, 9.17) is 9.47 Å². The van der Waals surface area contributed by atoms with E-state index in [9.17, 15) is 0 Å². The van der Waals surface area contributed by atoms with Crippen LogP contribution < -0.4 is 0 Å². The van der Waals surface area contributed by atoms with Crippen molar-refractivity contribution >= 4 is 0 Å². The van der Waals surface area contributed by atoms with Crippen LogP contribution in [0.2, 0.25) is 0 Å². The highest BCUT2D eigenvalue weighted by Gasteiger charge is 1.96. The van der Waals surface area contributed by atoms with Crippen LogP contribution in [0, 0.1) is 0 Å². The molecule has 0 aliphatic rings. The maximum absolute atomic E-state index is 5.04. The molecule has 0 aliphatic carbocycles. The minimum atomic E-state index is 0.375. The van der Waals surface area contributed by atoms with E-state index in [1.807, 2.05) is 0 Å². The van der Waals surface area contributed by atoms with E-state index in [1.165, 1.54) is 0 Å². The second-order valence-corrected chi connectivity index (χ2v) is 2.18. The summed E-state index contributed by atoms with van der Waals surface area (Å²) in [6.45, 7) is 2.91. The monoisotopic (exact) mass is 132 g/mol. The van der Waals surface area contributed by atoms with Crippen LogP contribution in [-0.4, -0.2) is 26.9 Å². The van der Waals surface area contributed by atoms with Crippen molar-refractivity contribution in [2.75, 3.05) is 20.8 Å². The van der Waals surface area contributed by atoms with E-state index in [2.05, 4.69) is 6.92 Å². The lowest BCUT2D eigenvalue weighted by Crippen LogP contribution is -2.05. The predicted octanol–water partition coefficient (Wildman–Crippen LogP) is 1.45. The topological polar surface area (TPSA) is 18.5 Å². The standard InChI is InChI=1S/C7H16O2/c1-7(9-3)5-4-6-8-2/h7H,4-6H2,1-3H3/t7-/m0/s1. The maximum Gasteiger partial charge on any atom is 0.0544 e. The highest BCUT2D eigenvalue weighted by atomic mass is 16.5. The molecule has 0 aromatic rings. The first-order chi connectivity index (χ1) is 4.31. The second-order valence-electron chi connectivity index (χ2n) is 2.18. The Bertz CT molecular complexity index is 54.9. The zero-order valence-corrected chi connectivity index (χ0v) is 6.52. The van der Waals surface area contributed by atoms with Crippen LogP contribution in [0.15, 0.2) is 0 Å². The lowest BCUT2D eigenvalue weighted by Gasteiger charge is -2.07. The molecule has 0 N–H and O–H groups in total. The molecule has 0 heterocycles. The van der Waals surface area contributed by atoms with E-state index in [-0.39, 0.29) is 0 Å². The van der Waals surface area contributed by atoms with Crippen LogP contribution >= 0.6 is 0 Å². The average Bonchev–Trinajstić information content (AvgIpc) is 1.89. The van der Waals surface area contributed by atoms with Gasteiger partial charge in [0.2, 0.25) is 0 Å². The number of methoxy groups -OCH3 is 2. The summed E-state index contributed by atoms with van der Waals surface area (Å²) < 4.78 is 9.92. The van der Waals surface area contributed by atoms with Gasteiger partial charge in [-0.25, -0.2) is 0 Å². The molecule has 0 fully saturated rings. The van der Waals surface area contributed by atoms with Gasteiger partial charge in [0, 0.05) is 20.8 Å². The van der Waals surface area contributed by atoms with Crippen molar-refractivity contribution in [1.82, 2.24) is 0 Å². The van der Waals surface area contributed by atoms with Gasteiger partial charge in [-0.3, -0.25) is 0 Å². The molecule has 0 spiro atoms. The first-order valence-corrected chi connectivity index (χ1v) is 3.33. The molecule has 0 saturated carbocycles. The molecule has 0 unspecified atom stereocenters. The molecule has 2 heteroatoms. The molecule has 0 aromatic heterocycles. The number of hydrogen-bond acceptors (Lipinski definition) is 2. The molecule has 1 atom stereocenters. The van der Waals surface area contributed by atoms with Crippen molar-refractivity contribution in [3.63, 3.8) is 0 Å². The molecule has 9 heavy (non-hydrogen) atoms. The van der Waals surface area contributed by atoms with E-state index in [0.717, 1.165) is 19.4 Å². The third-order valence-corrected chi connectivity index (χ3v) is 1.36. The molecule has 0 amide bonds. The Labute approximate surface area is 57.2 Å². The second kappa shape index (κ2) is 6.05. The molecule has 0 radical (unpaired) electrons. The van der Waals surface area contributed by atoms with Crippen LogP contribution in [0.1, 0.15) is 19.8 Å². The summed E-state index contributed by atoms with van der Waals surface area (Å²) in [5.41, 5.74) is 0. The van der Waals surface area contributed by atoms with Gasteiger partial charge in [0.05, 0.1) is 6.10 Å². The van der Waals surface area contributed by atoms with Gasteiger partial charge in [0.15, 0.2) is 0 Å². The largest absolute Gasteiger partial charge is 0.385 e. The summed E-state index contributed by atoms with van der Waals surface area (Å²) in [7, 11) is 3.45. The fraction of sp³-hybridized carbons (Fsp3) is 1.00. The smallest absolute Gasteiger partial charge is 0.0544 e. The Kier molecular flexibility index (Phi) is 5.99. The molecule has 0 saturated heterocycles. The normalized spacial score (nSPS) is 13.7. The molecule has 56 valence electrons. The molecule has 0 rings (SSSR count). The van der Waals surface area contributed by atoms with Crippen molar-refractivity contribution in [2.45, 2.75) is 25.9 Å². The van der Waals surface area contributed by atoms with Crippen LogP contribution in [0.25, 0.3) is 0 Å². The van der Waals surface area contributed by atoms with E-state index < -0.39 is 0 Å². The number of hydrogen-bond donors (Lipinski definition) is 0. The Balaban J connectivity index is 2.88. The van der Waals surface area contributed by atoms with Gasteiger partial charge in [-0.1, -0.05) is 0 Å². The molecular weight excluding hydrogens is 116 g/mol. The minimum Gasteiger partial charge on any atom is -0.385 e. The van der Waals surface area contributed by atoms with Crippen molar-refractivity contribution in [3.8, 4) is 0 Å². The number of rotatable bonds is 5. The van der Waals surface area contributed by atoms with Gasteiger partial charge in [0.25, 0.3) is 0 Å². The Morgan fingerprint density at radius 2 is 2.00 bits per heavy atom. The van der Waals surface area contributed by atoms with Gasteiger partial charge in [0.1, 0.15) is 0 Å². The van der Waals surface area contributed by atoms with E-state index in [1.54, 1.807) is 14.2 Å². The SMILES string of the molecule is COCCC[C@H](C)OC. The third kappa shape index (κ3) is 5.80. The molecule has 0 bridgehead atoms. The highest BCUT2D eigenvalue weighted by molar-refractivity contribution is 4.47. The van der Waals surface area contributed by atoms with Gasteiger partial charge in [-0.05, 0) is 19.8 Å².